The molecule has 0 saturated carbocycles. The SMILES string of the molecule is O=C1NC(c2ccccc2)(c2ccccc2)C(=O)N1CCCCN1CCN(CCCCC(c2ccccc2)c2ccccc2)CC1. The van der Waals surface area contributed by atoms with Gasteiger partial charge in [-0.3, -0.25) is 9.69 Å². The van der Waals surface area contributed by atoms with E-state index >= 15 is 0 Å². The number of hydrogen-bond donors (Lipinski definition) is 1. The summed E-state index contributed by atoms with van der Waals surface area (Å²) in [5.41, 5.74) is 3.20. The van der Waals surface area contributed by atoms with E-state index in [1.807, 2.05) is 60.7 Å². The number of carbonyl (C=O) groups excluding carboxylic acids is 2. The van der Waals surface area contributed by atoms with Crippen LogP contribution in [-0.2, 0) is 10.3 Å². The third-order valence-electron chi connectivity index (χ3n) is 9.71. The molecule has 0 atom stereocenters. The molecule has 0 radical (unpaired) electrons. The highest BCUT2D eigenvalue weighted by atomic mass is 16.2. The summed E-state index contributed by atoms with van der Waals surface area (Å²) in [4.78, 5) is 33.6. The second-order valence-electron chi connectivity index (χ2n) is 12.6. The van der Waals surface area contributed by atoms with Crippen molar-refractivity contribution in [1.29, 1.82) is 0 Å². The maximum absolute atomic E-state index is 13.9. The molecule has 6 rings (SSSR count). The van der Waals surface area contributed by atoms with E-state index in [0.29, 0.717) is 12.5 Å². The van der Waals surface area contributed by atoms with Crippen molar-refractivity contribution in [3.63, 3.8) is 0 Å². The predicted octanol–water partition coefficient (Wildman–Crippen LogP) is 6.88. The molecule has 2 heterocycles. The molecule has 4 aromatic carbocycles. The normalized spacial score (nSPS) is 17.0. The van der Waals surface area contributed by atoms with Crippen LogP contribution in [0.1, 0.15) is 60.3 Å². The van der Waals surface area contributed by atoms with Crippen molar-refractivity contribution in [2.24, 2.45) is 0 Å². The second-order valence-corrected chi connectivity index (χ2v) is 12.6. The van der Waals surface area contributed by atoms with Crippen molar-refractivity contribution in [3.05, 3.63) is 144 Å². The number of nitrogens with one attached hydrogen (secondary N) is 1. The maximum Gasteiger partial charge on any atom is 0.325 e. The third kappa shape index (κ3) is 7.24. The molecule has 1 N–H and O–H groups in total. The minimum Gasteiger partial charge on any atom is -0.315 e. The summed E-state index contributed by atoms with van der Waals surface area (Å²) < 4.78 is 0. The molecule has 238 valence electrons. The van der Waals surface area contributed by atoms with Crippen LogP contribution in [0.5, 0.6) is 0 Å². The van der Waals surface area contributed by atoms with Crippen molar-refractivity contribution in [2.45, 2.75) is 43.6 Å². The number of amides is 3. The molecular formula is C40H46N4O2. The summed E-state index contributed by atoms with van der Waals surface area (Å²) in [5.74, 6) is 0.261. The first kappa shape index (κ1) is 31.7. The lowest BCUT2D eigenvalue weighted by Gasteiger charge is -2.34. The van der Waals surface area contributed by atoms with Crippen LogP contribution in [0, 0.1) is 0 Å². The van der Waals surface area contributed by atoms with E-state index in [1.165, 1.54) is 35.3 Å². The Morgan fingerprint density at radius 3 is 1.43 bits per heavy atom. The summed E-state index contributed by atoms with van der Waals surface area (Å²) in [6, 6.07) is 40.7. The standard InChI is InChI=1S/C40H46N4O2/c45-38-40(35-21-9-3-10-22-35,36-23-11-4-12-24-36)41-39(46)44(38)28-16-15-27-43-31-29-42(30-32-43)26-14-13-25-37(33-17-5-1-6-18-33)34-19-7-2-8-20-34/h1-12,17-24,37H,13-16,25-32H2,(H,41,46). The van der Waals surface area contributed by atoms with Gasteiger partial charge in [0, 0.05) is 38.6 Å². The first-order valence-corrected chi connectivity index (χ1v) is 16.9. The van der Waals surface area contributed by atoms with Gasteiger partial charge in [0.15, 0.2) is 5.54 Å². The highest BCUT2D eigenvalue weighted by Crippen LogP contribution is 2.36. The molecule has 4 aromatic rings. The van der Waals surface area contributed by atoms with Gasteiger partial charge in [-0.1, -0.05) is 128 Å². The van der Waals surface area contributed by atoms with Crippen LogP contribution in [0.3, 0.4) is 0 Å². The number of carbonyl (C=O) groups is 2. The van der Waals surface area contributed by atoms with Crippen molar-refractivity contribution in [1.82, 2.24) is 20.0 Å². The monoisotopic (exact) mass is 614 g/mol. The molecule has 0 unspecified atom stereocenters. The molecule has 0 spiro atoms. The van der Waals surface area contributed by atoms with Gasteiger partial charge in [0.2, 0.25) is 0 Å². The number of imide groups is 1. The Morgan fingerprint density at radius 2 is 0.957 bits per heavy atom. The topological polar surface area (TPSA) is 55.9 Å². The van der Waals surface area contributed by atoms with E-state index in [1.54, 1.807) is 0 Å². The van der Waals surface area contributed by atoms with Gasteiger partial charge in [0.25, 0.3) is 5.91 Å². The highest BCUT2D eigenvalue weighted by Gasteiger charge is 2.53. The van der Waals surface area contributed by atoms with Crippen molar-refractivity contribution in [2.75, 3.05) is 45.8 Å². The molecular weight excluding hydrogens is 568 g/mol. The van der Waals surface area contributed by atoms with Gasteiger partial charge in [-0.25, -0.2) is 4.79 Å². The van der Waals surface area contributed by atoms with Crippen molar-refractivity contribution in [3.8, 4) is 0 Å². The first-order chi connectivity index (χ1) is 22.6. The average molecular weight is 615 g/mol. The quantitative estimate of drug-likeness (QED) is 0.124. The average Bonchev–Trinajstić information content (AvgIpc) is 3.38. The Hall–Kier alpha value is -4.26. The minimum absolute atomic E-state index is 0.192. The molecule has 0 bridgehead atoms. The summed E-state index contributed by atoms with van der Waals surface area (Å²) >= 11 is 0. The molecule has 46 heavy (non-hydrogen) atoms. The Balaban J connectivity index is 0.926. The lowest BCUT2D eigenvalue weighted by Crippen LogP contribution is -2.46. The van der Waals surface area contributed by atoms with Crippen LogP contribution in [-0.4, -0.2) is 72.5 Å². The highest BCUT2D eigenvalue weighted by molar-refractivity contribution is 6.09. The molecule has 6 heteroatoms. The van der Waals surface area contributed by atoms with Gasteiger partial charge >= 0.3 is 6.03 Å². The zero-order valence-corrected chi connectivity index (χ0v) is 26.8. The van der Waals surface area contributed by atoms with Crippen LogP contribution in [0.2, 0.25) is 0 Å². The van der Waals surface area contributed by atoms with Crippen molar-refractivity contribution >= 4 is 11.9 Å². The van der Waals surface area contributed by atoms with Crippen molar-refractivity contribution < 1.29 is 9.59 Å². The van der Waals surface area contributed by atoms with E-state index in [4.69, 9.17) is 0 Å². The van der Waals surface area contributed by atoms with E-state index in [2.05, 4.69) is 75.8 Å². The van der Waals surface area contributed by atoms with Crippen LogP contribution in [0.25, 0.3) is 0 Å². The molecule has 2 saturated heterocycles. The van der Waals surface area contributed by atoms with E-state index in [0.717, 1.165) is 63.2 Å². The first-order valence-electron chi connectivity index (χ1n) is 16.9. The number of unbranched alkanes of at least 4 members (excludes halogenated alkanes) is 2. The fourth-order valence-electron chi connectivity index (χ4n) is 7.14. The molecule has 3 amide bonds. The lowest BCUT2D eigenvalue weighted by atomic mass is 9.82. The van der Waals surface area contributed by atoms with Gasteiger partial charge in [0.05, 0.1) is 0 Å². The van der Waals surface area contributed by atoms with E-state index in [9.17, 15) is 9.59 Å². The number of benzene rings is 4. The van der Waals surface area contributed by atoms with Gasteiger partial charge in [-0.2, -0.15) is 0 Å². The zero-order chi connectivity index (χ0) is 31.6. The molecule has 2 aliphatic rings. The molecule has 2 aliphatic heterocycles. The van der Waals surface area contributed by atoms with Gasteiger partial charge in [-0.15, -0.1) is 0 Å². The Bertz CT molecular complexity index is 1440. The Labute approximate surface area is 274 Å². The second kappa shape index (κ2) is 15.4. The summed E-state index contributed by atoms with van der Waals surface area (Å²) in [7, 11) is 0. The van der Waals surface area contributed by atoms with Gasteiger partial charge in [0.1, 0.15) is 0 Å². The van der Waals surface area contributed by atoms with Gasteiger partial charge in [-0.05, 0) is 61.0 Å². The number of hydrogen-bond acceptors (Lipinski definition) is 4. The number of urea groups is 1. The molecule has 2 fully saturated rings. The fraction of sp³-hybridized carbons (Fsp3) is 0.350. The van der Waals surface area contributed by atoms with Crippen LogP contribution < -0.4 is 5.32 Å². The fourth-order valence-corrected chi connectivity index (χ4v) is 7.14. The minimum atomic E-state index is -1.18. The van der Waals surface area contributed by atoms with E-state index in [-0.39, 0.29) is 11.9 Å². The number of rotatable bonds is 14. The third-order valence-corrected chi connectivity index (χ3v) is 9.71. The molecule has 0 aromatic heterocycles. The Morgan fingerprint density at radius 1 is 0.543 bits per heavy atom. The lowest BCUT2D eigenvalue weighted by molar-refractivity contribution is -0.130. The largest absolute Gasteiger partial charge is 0.325 e. The van der Waals surface area contributed by atoms with Gasteiger partial charge < -0.3 is 15.1 Å². The smallest absolute Gasteiger partial charge is 0.315 e. The van der Waals surface area contributed by atoms with Crippen LogP contribution in [0.4, 0.5) is 4.79 Å². The summed E-state index contributed by atoms with van der Waals surface area (Å²) in [5, 5.41) is 3.06. The van der Waals surface area contributed by atoms with Crippen LogP contribution in [0.15, 0.2) is 121 Å². The molecule has 6 nitrogen and oxygen atoms in total. The number of nitrogens with zero attached hydrogens (tertiary/aromatic N) is 3. The predicted molar refractivity (Wildman–Crippen MR) is 185 cm³/mol. The number of piperazine rings is 1. The zero-order valence-electron chi connectivity index (χ0n) is 26.8. The Kier molecular flexibility index (Phi) is 10.6. The maximum atomic E-state index is 13.9. The van der Waals surface area contributed by atoms with E-state index < -0.39 is 5.54 Å². The summed E-state index contributed by atoms with van der Waals surface area (Å²) in [6.45, 7) is 6.93. The van der Waals surface area contributed by atoms with Crippen LogP contribution >= 0.6 is 0 Å². The molecule has 0 aliphatic carbocycles. The summed E-state index contributed by atoms with van der Waals surface area (Å²) in [6.07, 6.45) is 5.36.